The number of benzene rings is 1. The molecule has 0 spiro atoms. The Morgan fingerprint density at radius 3 is 2.47 bits per heavy atom. The average molecular weight is 431 g/mol. The molecule has 1 aliphatic heterocycles. The van der Waals surface area contributed by atoms with Crippen molar-refractivity contribution in [1.82, 2.24) is 14.6 Å². The highest BCUT2D eigenvalue weighted by atomic mass is 32.2. The van der Waals surface area contributed by atoms with Gasteiger partial charge in [-0.15, -0.1) is 0 Å². The maximum atomic E-state index is 12.6. The topological polar surface area (TPSA) is 99.7 Å². The average Bonchev–Trinajstić information content (AvgIpc) is 3.15. The molecule has 0 saturated carbocycles. The Kier molecular flexibility index (Phi) is 6.84. The number of pyridine rings is 1. The van der Waals surface area contributed by atoms with Crippen LogP contribution in [0.15, 0.2) is 53.6 Å². The highest BCUT2D eigenvalue weighted by Gasteiger charge is 2.35. The minimum absolute atomic E-state index is 0.119. The quantitative estimate of drug-likeness (QED) is 0.688. The summed E-state index contributed by atoms with van der Waals surface area (Å²) in [5, 5.41) is 2.82. The van der Waals surface area contributed by atoms with E-state index in [1.165, 1.54) is 21.3 Å². The number of nitrogens with one attached hydrogen (secondary N) is 1. The third kappa shape index (κ3) is 4.68. The first-order valence-electron chi connectivity index (χ1n) is 9.95. The van der Waals surface area contributed by atoms with Crippen molar-refractivity contribution >= 4 is 27.5 Å². The molecule has 0 bridgehead atoms. The van der Waals surface area contributed by atoms with E-state index in [4.69, 9.17) is 0 Å². The van der Waals surface area contributed by atoms with Gasteiger partial charge in [0, 0.05) is 37.9 Å². The van der Waals surface area contributed by atoms with E-state index >= 15 is 0 Å². The van der Waals surface area contributed by atoms with Gasteiger partial charge in [-0.3, -0.25) is 14.6 Å². The van der Waals surface area contributed by atoms with Gasteiger partial charge in [0.15, 0.2) is 0 Å². The molecule has 1 atom stereocenters. The van der Waals surface area contributed by atoms with Crippen molar-refractivity contribution in [2.45, 2.75) is 31.7 Å². The molecule has 2 heterocycles. The fourth-order valence-corrected chi connectivity index (χ4v) is 4.93. The number of hydrogen-bond acceptors (Lipinski definition) is 5. The van der Waals surface area contributed by atoms with Crippen LogP contribution in [-0.2, 0) is 26.2 Å². The molecule has 1 aromatic carbocycles. The normalized spacial score (nSPS) is 16.8. The molecule has 8 nitrogen and oxygen atoms in total. The standard InChI is InChI=1S/C21H26N4O4S/c1-3-24(4-2)30(28,29)19-10-8-18(9-11-19)25-15-16(13-20(25)26)21(27)23-14-17-7-5-6-12-22-17/h5-12,16H,3-4,13-15H2,1-2H3,(H,23,27). The highest BCUT2D eigenvalue weighted by molar-refractivity contribution is 7.89. The Morgan fingerprint density at radius 1 is 1.17 bits per heavy atom. The predicted octanol–water partition coefficient (Wildman–Crippen LogP) is 1.78. The summed E-state index contributed by atoms with van der Waals surface area (Å²) in [5.74, 6) is -0.815. The molecule has 2 aromatic rings. The summed E-state index contributed by atoms with van der Waals surface area (Å²) in [6.45, 7) is 4.92. The largest absolute Gasteiger partial charge is 0.350 e. The van der Waals surface area contributed by atoms with Crippen LogP contribution in [0.25, 0.3) is 0 Å². The Labute approximate surface area is 177 Å². The Balaban J connectivity index is 1.65. The van der Waals surface area contributed by atoms with E-state index in [2.05, 4.69) is 10.3 Å². The molecule has 0 aliphatic carbocycles. The Hall–Kier alpha value is -2.78. The lowest BCUT2D eigenvalue weighted by Gasteiger charge is -2.20. The molecule has 9 heteroatoms. The molecule has 1 N–H and O–H groups in total. The first kappa shape index (κ1) is 21.9. The molecule has 160 valence electrons. The number of aromatic nitrogens is 1. The maximum absolute atomic E-state index is 12.6. The van der Waals surface area contributed by atoms with Gasteiger partial charge in [0.1, 0.15) is 0 Å². The number of sulfonamides is 1. The van der Waals surface area contributed by atoms with Gasteiger partial charge < -0.3 is 10.2 Å². The van der Waals surface area contributed by atoms with Crippen LogP contribution in [0.2, 0.25) is 0 Å². The van der Waals surface area contributed by atoms with Gasteiger partial charge in [-0.2, -0.15) is 4.31 Å². The smallest absolute Gasteiger partial charge is 0.243 e. The molecule has 1 aliphatic rings. The van der Waals surface area contributed by atoms with Crippen LogP contribution in [0.5, 0.6) is 0 Å². The fourth-order valence-electron chi connectivity index (χ4n) is 3.47. The third-order valence-corrected chi connectivity index (χ3v) is 7.22. The number of carbonyl (C=O) groups excluding carboxylic acids is 2. The number of anilines is 1. The van der Waals surface area contributed by atoms with Gasteiger partial charge in [0.2, 0.25) is 21.8 Å². The van der Waals surface area contributed by atoms with Crippen LogP contribution >= 0.6 is 0 Å². The van der Waals surface area contributed by atoms with Crippen LogP contribution in [0.3, 0.4) is 0 Å². The number of rotatable bonds is 8. The Bertz CT molecular complexity index is 989. The zero-order chi connectivity index (χ0) is 21.7. The molecule has 1 aromatic heterocycles. The van der Waals surface area contributed by atoms with Crippen molar-refractivity contribution in [2.75, 3.05) is 24.5 Å². The molecule has 1 unspecified atom stereocenters. The van der Waals surface area contributed by atoms with E-state index in [9.17, 15) is 18.0 Å². The minimum Gasteiger partial charge on any atom is -0.350 e. The lowest BCUT2D eigenvalue weighted by Crippen LogP contribution is -2.33. The van der Waals surface area contributed by atoms with Crippen LogP contribution in [0.1, 0.15) is 26.0 Å². The van der Waals surface area contributed by atoms with E-state index in [0.29, 0.717) is 25.3 Å². The van der Waals surface area contributed by atoms with Gasteiger partial charge >= 0.3 is 0 Å². The maximum Gasteiger partial charge on any atom is 0.243 e. The second-order valence-corrected chi connectivity index (χ2v) is 8.97. The van der Waals surface area contributed by atoms with E-state index in [1.807, 2.05) is 12.1 Å². The molecule has 1 fully saturated rings. The van der Waals surface area contributed by atoms with Gasteiger partial charge in [-0.25, -0.2) is 8.42 Å². The number of carbonyl (C=O) groups is 2. The summed E-state index contributed by atoms with van der Waals surface area (Å²) in [7, 11) is -3.55. The first-order valence-corrected chi connectivity index (χ1v) is 11.4. The van der Waals surface area contributed by atoms with Crippen LogP contribution in [0.4, 0.5) is 5.69 Å². The molecule has 30 heavy (non-hydrogen) atoms. The number of amides is 2. The SMILES string of the molecule is CCN(CC)S(=O)(=O)c1ccc(N2CC(C(=O)NCc3ccccn3)CC2=O)cc1. The summed E-state index contributed by atoms with van der Waals surface area (Å²) in [6.07, 6.45) is 1.78. The summed E-state index contributed by atoms with van der Waals surface area (Å²) in [5.41, 5.74) is 1.33. The van der Waals surface area contributed by atoms with Gasteiger partial charge in [0.25, 0.3) is 0 Å². The molecule has 0 radical (unpaired) electrons. The Morgan fingerprint density at radius 2 is 1.87 bits per heavy atom. The van der Waals surface area contributed by atoms with Crippen molar-refractivity contribution in [2.24, 2.45) is 5.92 Å². The van der Waals surface area contributed by atoms with Gasteiger partial charge in [-0.1, -0.05) is 19.9 Å². The lowest BCUT2D eigenvalue weighted by atomic mass is 10.1. The van der Waals surface area contributed by atoms with Crippen LogP contribution < -0.4 is 10.2 Å². The third-order valence-electron chi connectivity index (χ3n) is 5.16. The van der Waals surface area contributed by atoms with Crippen molar-refractivity contribution < 1.29 is 18.0 Å². The molecule has 1 saturated heterocycles. The molecular weight excluding hydrogens is 404 g/mol. The van der Waals surface area contributed by atoms with Crippen molar-refractivity contribution in [1.29, 1.82) is 0 Å². The fraction of sp³-hybridized carbons (Fsp3) is 0.381. The number of hydrogen-bond donors (Lipinski definition) is 1. The predicted molar refractivity (Wildman–Crippen MR) is 113 cm³/mol. The highest BCUT2D eigenvalue weighted by Crippen LogP contribution is 2.27. The minimum atomic E-state index is -3.55. The lowest BCUT2D eigenvalue weighted by molar-refractivity contribution is -0.126. The zero-order valence-electron chi connectivity index (χ0n) is 17.1. The van der Waals surface area contributed by atoms with E-state index in [0.717, 1.165) is 5.69 Å². The second kappa shape index (κ2) is 9.36. The molecule has 3 rings (SSSR count). The first-order chi connectivity index (χ1) is 14.4. The number of nitrogens with zero attached hydrogens (tertiary/aromatic N) is 3. The van der Waals surface area contributed by atoms with E-state index in [-0.39, 0.29) is 29.7 Å². The zero-order valence-corrected chi connectivity index (χ0v) is 17.9. The van der Waals surface area contributed by atoms with Crippen LogP contribution in [0, 0.1) is 5.92 Å². The van der Waals surface area contributed by atoms with Crippen LogP contribution in [-0.4, -0.2) is 49.2 Å². The van der Waals surface area contributed by atoms with Gasteiger partial charge in [0.05, 0.1) is 23.1 Å². The van der Waals surface area contributed by atoms with E-state index < -0.39 is 15.9 Å². The van der Waals surface area contributed by atoms with Crippen molar-refractivity contribution in [3.63, 3.8) is 0 Å². The second-order valence-electron chi connectivity index (χ2n) is 7.03. The van der Waals surface area contributed by atoms with Crippen molar-refractivity contribution in [3.8, 4) is 0 Å². The summed E-state index contributed by atoms with van der Waals surface area (Å²) >= 11 is 0. The molecule has 2 amide bonds. The van der Waals surface area contributed by atoms with E-state index in [1.54, 1.807) is 38.2 Å². The summed E-state index contributed by atoms with van der Waals surface area (Å²) in [6, 6.07) is 11.7. The van der Waals surface area contributed by atoms with Gasteiger partial charge in [-0.05, 0) is 36.4 Å². The summed E-state index contributed by atoms with van der Waals surface area (Å²) in [4.78, 5) is 30.8. The summed E-state index contributed by atoms with van der Waals surface area (Å²) < 4.78 is 26.6. The molecular formula is C21H26N4O4S. The van der Waals surface area contributed by atoms with Crippen molar-refractivity contribution in [3.05, 3.63) is 54.4 Å². The monoisotopic (exact) mass is 430 g/mol.